The van der Waals surface area contributed by atoms with E-state index in [9.17, 15) is 8.42 Å². The van der Waals surface area contributed by atoms with E-state index in [1.807, 2.05) is 20.8 Å². The normalized spacial score (nSPS) is 22.4. The fourth-order valence-electron chi connectivity index (χ4n) is 1.64. The molecule has 0 amide bonds. The van der Waals surface area contributed by atoms with Crippen molar-refractivity contribution in [2.45, 2.75) is 26.3 Å². The number of hydrogen-bond donors (Lipinski definition) is 1. The third-order valence-corrected chi connectivity index (χ3v) is 4.51. The van der Waals surface area contributed by atoms with Gasteiger partial charge in [-0.25, -0.2) is 0 Å². The van der Waals surface area contributed by atoms with Crippen molar-refractivity contribution in [3.05, 3.63) is 0 Å². The average molecular weight is 221 g/mol. The zero-order valence-electron chi connectivity index (χ0n) is 9.02. The third kappa shape index (κ3) is 2.08. The summed E-state index contributed by atoms with van der Waals surface area (Å²) in [5, 5.41) is 0. The minimum Gasteiger partial charge on any atom is -0.323 e. The van der Waals surface area contributed by atoms with Gasteiger partial charge in [-0.2, -0.15) is 17.0 Å². The van der Waals surface area contributed by atoms with Gasteiger partial charge in [0.2, 0.25) is 0 Å². The van der Waals surface area contributed by atoms with Crippen LogP contribution >= 0.6 is 0 Å². The molecule has 0 aromatic carbocycles. The van der Waals surface area contributed by atoms with Crippen molar-refractivity contribution in [1.82, 2.24) is 8.61 Å². The molecule has 1 heterocycles. The molecule has 0 aromatic rings. The van der Waals surface area contributed by atoms with Gasteiger partial charge >= 0.3 is 0 Å². The fraction of sp³-hybridized carbons (Fsp3) is 1.00. The van der Waals surface area contributed by atoms with Crippen LogP contribution in [0.1, 0.15) is 20.8 Å². The lowest BCUT2D eigenvalue weighted by Crippen LogP contribution is -2.68. The molecule has 14 heavy (non-hydrogen) atoms. The second-order valence-corrected chi connectivity index (χ2v) is 5.94. The van der Waals surface area contributed by atoms with Crippen LogP contribution in [-0.2, 0) is 10.2 Å². The van der Waals surface area contributed by atoms with Crippen LogP contribution in [0.3, 0.4) is 0 Å². The molecule has 1 aliphatic rings. The molecule has 6 heteroatoms. The van der Waals surface area contributed by atoms with E-state index in [4.69, 9.17) is 5.73 Å². The number of rotatable bonds is 4. The van der Waals surface area contributed by atoms with Gasteiger partial charge in [-0.05, 0) is 6.92 Å². The van der Waals surface area contributed by atoms with E-state index in [1.165, 1.54) is 8.61 Å². The highest BCUT2D eigenvalue weighted by molar-refractivity contribution is 7.86. The minimum absolute atomic E-state index is 0.347. The Morgan fingerprint density at radius 2 is 1.79 bits per heavy atom. The Hall–Kier alpha value is -0.170. The molecule has 1 rings (SSSR count). The summed E-state index contributed by atoms with van der Waals surface area (Å²) in [5.74, 6) is 0. The van der Waals surface area contributed by atoms with E-state index in [2.05, 4.69) is 0 Å². The molecule has 84 valence electrons. The van der Waals surface area contributed by atoms with Gasteiger partial charge in [0.25, 0.3) is 10.2 Å². The summed E-state index contributed by atoms with van der Waals surface area (Å²) >= 11 is 0. The molecule has 0 saturated carbocycles. The lowest BCUT2D eigenvalue weighted by atomic mass is 9.97. The van der Waals surface area contributed by atoms with Crippen molar-refractivity contribution < 1.29 is 8.42 Å². The molecule has 0 atom stereocenters. The number of hydrogen-bond acceptors (Lipinski definition) is 3. The first-order valence-corrected chi connectivity index (χ1v) is 6.27. The van der Waals surface area contributed by atoms with Gasteiger partial charge in [0.05, 0.1) is 0 Å². The molecule has 0 aliphatic carbocycles. The van der Waals surface area contributed by atoms with Crippen LogP contribution in [0.15, 0.2) is 0 Å². The predicted molar refractivity (Wildman–Crippen MR) is 56.0 cm³/mol. The Kier molecular flexibility index (Phi) is 3.20. The highest BCUT2D eigenvalue weighted by Crippen LogP contribution is 2.22. The van der Waals surface area contributed by atoms with Crippen molar-refractivity contribution in [3.8, 4) is 0 Å². The second-order valence-electron chi connectivity index (χ2n) is 4.01. The Labute approximate surface area is 86.0 Å². The zero-order chi connectivity index (χ0) is 11.0. The lowest BCUT2D eigenvalue weighted by Gasteiger charge is -2.45. The van der Waals surface area contributed by atoms with E-state index in [0.717, 1.165) is 0 Å². The molecular weight excluding hydrogens is 202 g/mol. The Morgan fingerprint density at radius 1 is 1.36 bits per heavy atom. The first kappa shape index (κ1) is 11.9. The third-order valence-electron chi connectivity index (χ3n) is 2.43. The van der Waals surface area contributed by atoms with Gasteiger partial charge in [0.15, 0.2) is 0 Å². The van der Waals surface area contributed by atoms with Crippen molar-refractivity contribution >= 4 is 10.2 Å². The van der Waals surface area contributed by atoms with Gasteiger partial charge < -0.3 is 5.73 Å². The first-order valence-electron chi connectivity index (χ1n) is 4.87. The maximum absolute atomic E-state index is 11.9. The first-order chi connectivity index (χ1) is 6.33. The van der Waals surface area contributed by atoms with Gasteiger partial charge in [0.1, 0.15) is 0 Å². The molecule has 2 N–H and O–H groups in total. The summed E-state index contributed by atoms with van der Waals surface area (Å²) in [6.07, 6.45) is 0. The topological polar surface area (TPSA) is 66.6 Å². The van der Waals surface area contributed by atoms with Gasteiger partial charge in [-0.1, -0.05) is 13.8 Å². The molecule has 0 radical (unpaired) electrons. The van der Waals surface area contributed by atoms with E-state index in [1.54, 1.807) is 0 Å². The standard InChI is InChI=1S/C8H19N3O2S/c1-4-10(5-2)14(12,13)11-6-8(3,9)7-11/h4-7,9H2,1-3H3. The highest BCUT2D eigenvalue weighted by atomic mass is 32.2. The largest absolute Gasteiger partial charge is 0.323 e. The van der Waals surface area contributed by atoms with E-state index in [-0.39, 0.29) is 5.54 Å². The van der Waals surface area contributed by atoms with Crippen LogP contribution in [0.5, 0.6) is 0 Å². The van der Waals surface area contributed by atoms with Crippen LogP contribution in [0.25, 0.3) is 0 Å². The molecular formula is C8H19N3O2S. The van der Waals surface area contributed by atoms with Crippen molar-refractivity contribution in [2.24, 2.45) is 5.73 Å². The van der Waals surface area contributed by atoms with Crippen LogP contribution in [0.2, 0.25) is 0 Å². The summed E-state index contributed by atoms with van der Waals surface area (Å²) in [4.78, 5) is 0. The second kappa shape index (κ2) is 3.77. The monoisotopic (exact) mass is 221 g/mol. The highest BCUT2D eigenvalue weighted by Gasteiger charge is 2.43. The van der Waals surface area contributed by atoms with Gasteiger partial charge in [-0.15, -0.1) is 0 Å². The van der Waals surface area contributed by atoms with Gasteiger partial charge in [-0.3, -0.25) is 0 Å². The SMILES string of the molecule is CCN(CC)S(=O)(=O)N1CC(C)(N)C1. The molecule has 0 spiro atoms. The zero-order valence-corrected chi connectivity index (χ0v) is 9.84. The van der Waals surface area contributed by atoms with Gasteiger partial charge in [0, 0.05) is 31.7 Å². The molecule has 1 aliphatic heterocycles. The van der Waals surface area contributed by atoms with E-state index < -0.39 is 10.2 Å². The predicted octanol–water partition coefficient (Wildman–Crippen LogP) is -0.394. The molecule has 1 fully saturated rings. The van der Waals surface area contributed by atoms with Crippen molar-refractivity contribution in [2.75, 3.05) is 26.2 Å². The molecule has 0 unspecified atom stereocenters. The smallest absolute Gasteiger partial charge is 0.282 e. The quantitative estimate of drug-likeness (QED) is 0.703. The summed E-state index contributed by atoms with van der Waals surface area (Å²) in [7, 11) is -3.25. The summed E-state index contributed by atoms with van der Waals surface area (Å²) in [6, 6.07) is 0. The molecule has 0 bridgehead atoms. The number of nitrogens with two attached hydrogens (primary N) is 1. The van der Waals surface area contributed by atoms with E-state index >= 15 is 0 Å². The lowest BCUT2D eigenvalue weighted by molar-refractivity contribution is 0.164. The Morgan fingerprint density at radius 3 is 2.07 bits per heavy atom. The van der Waals surface area contributed by atoms with Crippen LogP contribution in [-0.4, -0.2) is 48.7 Å². The molecule has 0 aromatic heterocycles. The summed E-state index contributed by atoms with van der Waals surface area (Å²) in [6.45, 7) is 7.40. The van der Waals surface area contributed by atoms with Crippen LogP contribution in [0.4, 0.5) is 0 Å². The van der Waals surface area contributed by atoms with Crippen molar-refractivity contribution in [3.63, 3.8) is 0 Å². The average Bonchev–Trinajstić information content (AvgIpc) is 2.01. The Balaban J connectivity index is 2.68. The summed E-state index contributed by atoms with van der Waals surface area (Å²) in [5.41, 5.74) is 5.42. The van der Waals surface area contributed by atoms with Crippen LogP contribution in [0, 0.1) is 0 Å². The van der Waals surface area contributed by atoms with E-state index in [0.29, 0.717) is 26.2 Å². The Bertz CT molecular complexity index is 288. The minimum atomic E-state index is -3.25. The maximum Gasteiger partial charge on any atom is 0.282 e. The number of nitrogens with zero attached hydrogens (tertiary/aromatic N) is 2. The van der Waals surface area contributed by atoms with Crippen molar-refractivity contribution in [1.29, 1.82) is 0 Å². The molecule has 1 saturated heterocycles. The summed E-state index contributed by atoms with van der Waals surface area (Å²) < 4.78 is 26.6. The molecule has 5 nitrogen and oxygen atoms in total. The fourth-order valence-corrected chi connectivity index (χ4v) is 3.53. The van der Waals surface area contributed by atoms with Crippen LogP contribution < -0.4 is 5.73 Å². The maximum atomic E-state index is 11.9.